The van der Waals surface area contributed by atoms with Gasteiger partial charge in [0.25, 0.3) is 5.96 Å². The highest BCUT2D eigenvalue weighted by Gasteiger charge is 2.25. The van der Waals surface area contributed by atoms with Crippen LogP contribution in [0.3, 0.4) is 0 Å². The minimum absolute atomic E-state index is 0.228. The number of hydrogen-bond donors (Lipinski definition) is 0. The second-order valence-electron chi connectivity index (χ2n) is 3.59. The van der Waals surface area contributed by atoms with E-state index in [1.54, 1.807) is 22.2 Å². The quantitative estimate of drug-likeness (QED) is 0.611. The Morgan fingerprint density at radius 2 is 2.50 bits per heavy atom. The molecule has 1 aromatic rings. The molecule has 1 fully saturated rings. The lowest BCUT2D eigenvalue weighted by Crippen LogP contribution is -2.49. The van der Waals surface area contributed by atoms with E-state index in [1.807, 2.05) is 0 Å². The van der Waals surface area contributed by atoms with Crippen LogP contribution in [-0.2, 0) is 11.3 Å². The number of thiazole rings is 1. The van der Waals surface area contributed by atoms with Gasteiger partial charge in [0.1, 0.15) is 18.6 Å². The van der Waals surface area contributed by atoms with Crippen LogP contribution in [0.2, 0.25) is 4.47 Å². The monoisotopic (exact) mass is 291 g/mol. The fraction of sp³-hybridized carbons (Fsp3) is 0.500. The van der Waals surface area contributed by atoms with Crippen LogP contribution >= 0.6 is 22.9 Å². The highest BCUT2D eigenvalue weighted by atomic mass is 35.5. The summed E-state index contributed by atoms with van der Waals surface area (Å²) < 4.78 is 5.71. The van der Waals surface area contributed by atoms with Gasteiger partial charge in [-0.05, 0) is 0 Å². The molecule has 0 aromatic carbocycles. The van der Waals surface area contributed by atoms with Crippen molar-refractivity contribution in [3.8, 4) is 0 Å². The molecule has 0 spiro atoms. The minimum Gasteiger partial charge on any atom is -0.341 e. The number of rotatable bonds is 3. The third-order valence-electron chi connectivity index (χ3n) is 2.20. The van der Waals surface area contributed by atoms with Crippen molar-refractivity contribution in [3.63, 3.8) is 0 Å². The summed E-state index contributed by atoms with van der Waals surface area (Å²) >= 11 is 7.04. The number of nitrogens with zero attached hydrogens (tertiary/aromatic N) is 5. The molecule has 1 aromatic heterocycles. The maximum absolute atomic E-state index is 10.5. The summed E-state index contributed by atoms with van der Waals surface area (Å²) in [7, 11) is 1.67. The van der Waals surface area contributed by atoms with E-state index in [0.29, 0.717) is 11.0 Å². The molecular weight excluding hydrogens is 282 g/mol. The molecule has 1 aliphatic rings. The molecule has 0 unspecified atom stereocenters. The summed E-state index contributed by atoms with van der Waals surface area (Å²) in [5, 5.41) is 14.9. The lowest BCUT2D eigenvalue weighted by Gasteiger charge is -2.34. The van der Waals surface area contributed by atoms with Crippen LogP contribution < -0.4 is 0 Å². The van der Waals surface area contributed by atoms with Gasteiger partial charge in [0, 0.05) is 12.4 Å². The number of hydrogen-bond acceptors (Lipinski definition) is 5. The topological polar surface area (TPSA) is 84.1 Å². The Kier molecular flexibility index (Phi) is 3.94. The van der Waals surface area contributed by atoms with E-state index in [4.69, 9.17) is 16.3 Å². The first-order valence-corrected chi connectivity index (χ1v) is 6.19. The summed E-state index contributed by atoms with van der Waals surface area (Å²) in [4.78, 5) is 17.8. The molecule has 0 aliphatic carbocycles. The van der Waals surface area contributed by atoms with Crippen LogP contribution in [0.4, 0.5) is 0 Å². The summed E-state index contributed by atoms with van der Waals surface area (Å²) in [6.45, 7) is 0.855. The van der Waals surface area contributed by atoms with E-state index in [9.17, 15) is 10.1 Å². The molecule has 2 rings (SSSR count). The standard InChI is InChI=1S/C8H10ClN5O3S/c1-12-4-17-5-13(8(12)11-14(15)16)2-6-3-18-7(9)10-6/h3H,2,4-5H2,1H3/b11-8-. The first kappa shape index (κ1) is 13.0. The molecule has 10 heteroatoms. The average Bonchev–Trinajstić information content (AvgIpc) is 2.69. The smallest absolute Gasteiger partial charge is 0.277 e. The van der Waals surface area contributed by atoms with Gasteiger partial charge in [-0.15, -0.1) is 11.3 Å². The Bertz CT molecular complexity index is 479. The zero-order valence-electron chi connectivity index (χ0n) is 9.45. The van der Waals surface area contributed by atoms with Crippen LogP contribution in [0.1, 0.15) is 5.69 Å². The molecule has 2 heterocycles. The molecule has 18 heavy (non-hydrogen) atoms. The molecule has 0 saturated carbocycles. The van der Waals surface area contributed by atoms with Gasteiger partial charge >= 0.3 is 0 Å². The number of hydrazone groups is 1. The molecule has 8 nitrogen and oxygen atoms in total. The lowest BCUT2D eigenvalue weighted by atomic mass is 10.4. The molecule has 0 radical (unpaired) electrons. The normalized spacial score (nSPS) is 18.4. The van der Waals surface area contributed by atoms with E-state index < -0.39 is 5.03 Å². The largest absolute Gasteiger partial charge is 0.341 e. The zero-order valence-corrected chi connectivity index (χ0v) is 11.0. The van der Waals surface area contributed by atoms with Gasteiger partial charge in [0.2, 0.25) is 0 Å². The van der Waals surface area contributed by atoms with Gasteiger partial charge in [-0.25, -0.2) is 15.1 Å². The van der Waals surface area contributed by atoms with Crippen molar-refractivity contribution < 1.29 is 9.77 Å². The van der Waals surface area contributed by atoms with Crippen LogP contribution in [0.5, 0.6) is 0 Å². The van der Waals surface area contributed by atoms with E-state index in [-0.39, 0.29) is 19.4 Å². The molecule has 0 bridgehead atoms. The van der Waals surface area contributed by atoms with Gasteiger partial charge < -0.3 is 14.5 Å². The Labute approximate surface area is 112 Å². The molecule has 0 N–H and O–H groups in total. The minimum atomic E-state index is -0.724. The molecule has 0 atom stereocenters. The summed E-state index contributed by atoms with van der Waals surface area (Å²) in [5.41, 5.74) is 0.722. The van der Waals surface area contributed by atoms with E-state index in [1.165, 1.54) is 11.3 Å². The van der Waals surface area contributed by atoms with Gasteiger partial charge in [-0.2, -0.15) is 0 Å². The fourth-order valence-corrected chi connectivity index (χ4v) is 2.30. The summed E-state index contributed by atoms with van der Waals surface area (Å²) in [6.07, 6.45) is 0. The number of ether oxygens (including phenoxy) is 1. The van der Waals surface area contributed by atoms with Crippen molar-refractivity contribution in [1.82, 2.24) is 14.8 Å². The average molecular weight is 292 g/mol. The Morgan fingerprint density at radius 3 is 3.11 bits per heavy atom. The first-order valence-electron chi connectivity index (χ1n) is 4.93. The van der Waals surface area contributed by atoms with Crippen molar-refractivity contribution in [1.29, 1.82) is 0 Å². The molecule has 1 saturated heterocycles. The third-order valence-corrected chi connectivity index (χ3v) is 3.23. The van der Waals surface area contributed by atoms with Crippen molar-refractivity contribution >= 4 is 28.9 Å². The number of nitro groups is 1. The maximum Gasteiger partial charge on any atom is 0.277 e. The highest BCUT2D eigenvalue weighted by molar-refractivity contribution is 7.13. The Hall–Kier alpha value is -1.45. The Morgan fingerprint density at radius 1 is 1.72 bits per heavy atom. The second-order valence-corrected chi connectivity index (χ2v) is 5.03. The van der Waals surface area contributed by atoms with Crippen molar-refractivity contribution in [2.75, 3.05) is 20.5 Å². The van der Waals surface area contributed by atoms with E-state index in [2.05, 4.69) is 10.1 Å². The van der Waals surface area contributed by atoms with Crippen molar-refractivity contribution in [2.24, 2.45) is 5.10 Å². The molecule has 1 aliphatic heterocycles. The van der Waals surface area contributed by atoms with E-state index in [0.717, 1.165) is 5.69 Å². The van der Waals surface area contributed by atoms with Gasteiger partial charge in [-0.3, -0.25) is 0 Å². The maximum atomic E-state index is 10.5. The van der Waals surface area contributed by atoms with Gasteiger partial charge in [-0.1, -0.05) is 11.6 Å². The summed E-state index contributed by atoms with van der Waals surface area (Å²) in [5.74, 6) is 0.246. The molecule has 0 amide bonds. The highest BCUT2D eigenvalue weighted by Crippen LogP contribution is 2.17. The fourth-order valence-electron chi connectivity index (χ4n) is 1.52. The Balaban J connectivity index is 2.15. The predicted octanol–water partition coefficient (Wildman–Crippen LogP) is 1.02. The number of guanidine groups is 1. The van der Waals surface area contributed by atoms with Gasteiger partial charge in [0.05, 0.1) is 12.2 Å². The van der Waals surface area contributed by atoms with E-state index >= 15 is 0 Å². The number of aromatic nitrogens is 1. The van der Waals surface area contributed by atoms with Crippen LogP contribution in [-0.4, -0.2) is 46.3 Å². The molecule has 98 valence electrons. The van der Waals surface area contributed by atoms with Crippen molar-refractivity contribution in [3.05, 3.63) is 25.7 Å². The van der Waals surface area contributed by atoms with Crippen LogP contribution in [0, 0.1) is 10.1 Å². The molecular formula is C8H10ClN5O3S. The lowest BCUT2D eigenvalue weighted by molar-refractivity contribution is -0.486. The van der Waals surface area contributed by atoms with Crippen LogP contribution in [0.25, 0.3) is 0 Å². The number of halogens is 1. The SMILES string of the molecule is CN1COCN(Cc2csc(Cl)n2)/C1=N\[N+](=O)[O-]. The van der Waals surface area contributed by atoms with Crippen molar-refractivity contribution in [2.45, 2.75) is 6.54 Å². The predicted molar refractivity (Wildman–Crippen MR) is 65.7 cm³/mol. The summed E-state index contributed by atoms with van der Waals surface area (Å²) in [6, 6.07) is 0. The second kappa shape index (κ2) is 5.46. The third kappa shape index (κ3) is 3.06. The van der Waals surface area contributed by atoms with Crippen LogP contribution in [0.15, 0.2) is 10.5 Å². The zero-order chi connectivity index (χ0) is 13.1. The first-order chi connectivity index (χ1) is 8.56. The van der Waals surface area contributed by atoms with Gasteiger partial charge in [0.15, 0.2) is 9.50 Å².